The van der Waals surface area contributed by atoms with E-state index in [1.807, 2.05) is 19.9 Å². The maximum Gasteiger partial charge on any atom is 0.251 e. The molecule has 0 spiro atoms. The van der Waals surface area contributed by atoms with E-state index in [-0.39, 0.29) is 11.6 Å². The van der Waals surface area contributed by atoms with E-state index in [1.165, 1.54) is 12.0 Å². The average molecular weight is 289 g/mol. The van der Waals surface area contributed by atoms with Gasteiger partial charge in [0, 0.05) is 17.7 Å². The number of aromatic amines is 1. The lowest BCUT2D eigenvalue weighted by molar-refractivity contribution is 0.647. The van der Waals surface area contributed by atoms with Crippen LogP contribution in [-0.2, 0) is 19.3 Å². The molecule has 2 N–H and O–H groups in total. The van der Waals surface area contributed by atoms with Crippen LogP contribution in [0.4, 0.5) is 0 Å². The van der Waals surface area contributed by atoms with E-state index in [2.05, 4.69) is 29.5 Å². The van der Waals surface area contributed by atoms with E-state index in [0.717, 1.165) is 25.0 Å². The summed E-state index contributed by atoms with van der Waals surface area (Å²) in [5.74, 6) is 0. The van der Waals surface area contributed by atoms with Gasteiger partial charge in [-0.25, -0.2) is 0 Å². The summed E-state index contributed by atoms with van der Waals surface area (Å²) in [5.41, 5.74) is 3.01. The van der Waals surface area contributed by atoms with Crippen molar-refractivity contribution in [3.8, 4) is 6.07 Å². The fraction of sp³-hybridized carbons (Fsp3) is 0.529. The number of likely N-dealkylation sites (N-methyl/N-ethyl adjacent to an activating group) is 1. The van der Waals surface area contributed by atoms with Crippen molar-refractivity contribution in [3.05, 3.63) is 46.4 Å². The van der Waals surface area contributed by atoms with Gasteiger partial charge in [-0.15, -0.1) is 13.2 Å². The van der Waals surface area contributed by atoms with Crippen LogP contribution in [0, 0.1) is 11.3 Å². The third kappa shape index (κ3) is 5.57. The van der Waals surface area contributed by atoms with Crippen LogP contribution in [0.25, 0.3) is 0 Å². The number of nitrogens with zero attached hydrogens (tertiary/aromatic N) is 1. The van der Waals surface area contributed by atoms with Crippen LogP contribution >= 0.6 is 0 Å². The summed E-state index contributed by atoms with van der Waals surface area (Å²) < 4.78 is 0. The highest BCUT2D eigenvalue weighted by molar-refractivity contribution is 5.28. The third-order valence-corrected chi connectivity index (χ3v) is 3.34. The van der Waals surface area contributed by atoms with Crippen LogP contribution in [0.1, 0.15) is 43.5 Å². The minimum Gasteiger partial charge on any atom is -0.326 e. The van der Waals surface area contributed by atoms with Gasteiger partial charge in [-0.05, 0) is 44.4 Å². The molecule has 4 heteroatoms. The summed E-state index contributed by atoms with van der Waals surface area (Å²) in [4.78, 5) is 14.8. The molecule has 0 bridgehead atoms. The molecular weight excluding hydrogens is 262 g/mol. The number of nitrogens with one attached hydrogen (secondary N) is 2. The van der Waals surface area contributed by atoms with E-state index in [4.69, 9.17) is 5.26 Å². The molecule has 1 aliphatic rings. The number of nitriles is 1. The first-order valence-electron chi connectivity index (χ1n) is 7.55. The predicted octanol–water partition coefficient (Wildman–Crippen LogP) is 2.74. The molecule has 0 amide bonds. The Labute approximate surface area is 127 Å². The van der Waals surface area contributed by atoms with E-state index in [1.54, 1.807) is 7.05 Å². The molecule has 0 aliphatic heterocycles. The number of aryl methyl sites for hydroxylation is 2. The number of hydrogen-bond acceptors (Lipinski definition) is 3. The Kier molecular flexibility index (Phi) is 9.91. The van der Waals surface area contributed by atoms with Gasteiger partial charge >= 0.3 is 0 Å². The molecule has 4 nitrogen and oxygen atoms in total. The van der Waals surface area contributed by atoms with Crippen molar-refractivity contribution in [1.29, 1.82) is 5.26 Å². The number of aromatic nitrogens is 1. The molecule has 0 radical (unpaired) electrons. The van der Waals surface area contributed by atoms with Crippen molar-refractivity contribution < 1.29 is 0 Å². The van der Waals surface area contributed by atoms with E-state index >= 15 is 0 Å². The first kappa shape index (κ1) is 19.1. The SMILES string of the molecule is C=C.CC.CNC(C#N)Cc1cc2c([nH]c1=O)CCCC2. The molecule has 116 valence electrons. The Morgan fingerprint density at radius 1 is 1.38 bits per heavy atom. The fourth-order valence-corrected chi connectivity index (χ4v) is 2.31. The van der Waals surface area contributed by atoms with Crippen LogP contribution in [0.3, 0.4) is 0 Å². The number of H-pyrrole nitrogens is 1. The fourth-order valence-electron chi connectivity index (χ4n) is 2.31. The maximum absolute atomic E-state index is 11.9. The molecule has 1 atom stereocenters. The van der Waals surface area contributed by atoms with Crippen LogP contribution < -0.4 is 10.9 Å². The van der Waals surface area contributed by atoms with Crippen LogP contribution in [0.2, 0.25) is 0 Å². The molecule has 0 saturated carbocycles. The summed E-state index contributed by atoms with van der Waals surface area (Å²) in [6.45, 7) is 10.0. The highest BCUT2D eigenvalue weighted by Crippen LogP contribution is 2.18. The van der Waals surface area contributed by atoms with Gasteiger partial charge in [0.1, 0.15) is 0 Å². The summed E-state index contributed by atoms with van der Waals surface area (Å²) in [6.07, 6.45) is 4.82. The molecule has 21 heavy (non-hydrogen) atoms. The number of pyridine rings is 1. The normalized spacial score (nSPS) is 13.4. The Balaban J connectivity index is 0.000000921. The van der Waals surface area contributed by atoms with Gasteiger partial charge in [0.05, 0.1) is 12.1 Å². The summed E-state index contributed by atoms with van der Waals surface area (Å²) >= 11 is 0. The van der Waals surface area contributed by atoms with Crippen molar-refractivity contribution >= 4 is 0 Å². The van der Waals surface area contributed by atoms with E-state index < -0.39 is 0 Å². The van der Waals surface area contributed by atoms with Gasteiger partial charge in [-0.3, -0.25) is 4.79 Å². The van der Waals surface area contributed by atoms with Gasteiger partial charge < -0.3 is 10.3 Å². The highest BCUT2D eigenvalue weighted by atomic mass is 16.1. The van der Waals surface area contributed by atoms with Gasteiger partial charge in [-0.1, -0.05) is 13.8 Å². The van der Waals surface area contributed by atoms with E-state index in [9.17, 15) is 4.79 Å². The highest BCUT2D eigenvalue weighted by Gasteiger charge is 2.14. The number of hydrogen-bond donors (Lipinski definition) is 2. The lowest BCUT2D eigenvalue weighted by Gasteiger charge is -2.16. The second kappa shape index (κ2) is 10.9. The topological polar surface area (TPSA) is 68.7 Å². The van der Waals surface area contributed by atoms with Crippen molar-refractivity contribution in [2.24, 2.45) is 0 Å². The molecule has 1 unspecified atom stereocenters. The van der Waals surface area contributed by atoms with Crippen molar-refractivity contribution in [2.45, 2.75) is 52.0 Å². The Morgan fingerprint density at radius 2 is 2.00 bits per heavy atom. The Bertz CT molecular complexity index is 514. The predicted molar refractivity (Wildman–Crippen MR) is 88.5 cm³/mol. The molecule has 1 heterocycles. The van der Waals surface area contributed by atoms with Gasteiger partial charge in [0.2, 0.25) is 0 Å². The average Bonchev–Trinajstić information content (AvgIpc) is 2.56. The maximum atomic E-state index is 11.9. The van der Waals surface area contributed by atoms with Crippen molar-refractivity contribution in [2.75, 3.05) is 7.05 Å². The van der Waals surface area contributed by atoms with Crippen molar-refractivity contribution in [3.63, 3.8) is 0 Å². The molecule has 2 rings (SSSR count). The largest absolute Gasteiger partial charge is 0.326 e. The zero-order valence-corrected chi connectivity index (χ0v) is 13.5. The minimum atomic E-state index is -0.294. The number of fused-ring (bicyclic) bond motifs is 1. The Hall–Kier alpha value is -1.86. The molecule has 0 aromatic carbocycles. The summed E-state index contributed by atoms with van der Waals surface area (Å²) in [7, 11) is 1.74. The Morgan fingerprint density at radius 3 is 2.57 bits per heavy atom. The van der Waals surface area contributed by atoms with Crippen LogP contribution in [0.15, 0.2) is 24.0 Å². The second-order valence-corrected chi connectivity index (χ2v) is 4.51. The van der Waals surface area contributed by atoms with Crippen LogP contribution in [-0.4, -0.2) is 18.1 Å². The monoisotopic (exact) mass is 289 g/mol. The molecule has 1 aromatic heterocycles. The lowest BCUT2D eigenvalue weighted by Crippen LogP contribution is -2.29. The minimum absolute atomic E-state index is 0.0406. The first-order valence-corrected chi connectivity index (χ1v) is 7.55. The smallest absolute Gasteiger partial charge is 0.251 e. The second-order valence-electron chi connectivity index (χ2n) is 4.51. The quantitative estimate of drug-likeness (QED) is 0.841. The lowest BCUT2D eigenvalue weighted by atomic mass is 9.94. The standard InChI is InChI=1S/C13H17N3O.C2H6.C2H4/c1-15-11(8-14)7-10-6-9-4-2-3-5-12(9)16-13(10)17;2*1-2/h6,11,15H,2-5,7H2,1H3,(H,16,17);1-2H3;1-2H2. The summed E-state index contributed by atoms with van der Waals surface area (Å²) in [6, 6.07) is 3.83. The van der Waals surface area contributed by atoms with Crippen molar-refractivity contribution in [1.82, 2.24) is 10.3 Å². The van der Waals surface area contributed by atoms with Gasteiger partial charge in [0.15, 0.2) is 0 Å². The van der Waals surface area contributed by atoms with E-state index in [0.29, 0.717) is 12.0 Å². The summed E-state index contributed by atoms with van der Waals surface area (Å²) in [5, 5.41) is 11.8. The first-order chi connectivity index (χ1) is 10.2. The van der Waals surface area contributed by atoms with Gasteiger partial charge in [-0.2, -0.15) is 5.26 Å². The van der Waals surface area contributed by atoms with Gasteiger partial charge in [0.25, 0.3) is 5.56 Å². The van der Waals surface area contributed by atoms with Crippen LogP contribution in [0.5, 0.6) is 0 Å². The molecule has 1 aromatic rings. The molecule has 0 fully saturated rings. The zero-order chi connectivity index (χ0) is 16.3. The molecule has 0 saturated heterocycles. The number of rotatable bonds is 3. The molecule has 1 aliphatic carbocycles. The molecular formula is C17H27N3O. The zero-order valence-electron chi connectivity index (χ0n) is 13.5. The third-order valence-electron chi connectivity index (χ3n) is 3.34.